The minimum atomic E-state index is -0.731. The summed E-state index contributed by atoms with van der Waals surface area (Å²) in [5.41, 5.74) is 9.38. The fraction of sp³-hybridized carbons (Fsp3) is 0.750. The Balaban J connectivity index is 1.50. The second kappa shape index (κ2) is 50.9. The van der Waals surface area contributed by atoms with Crippen LogP contribution in [-0.4, -0.2) is 56.6 Å². The van der Waals surface area contributed by atoms with Gasteiger partial charge in [-0.15, -0.1) is 10.2 Å². The highest BCUT2D eigenvalue weighted by Gasteiger charge is 2.55. The van der Waals surface area contributed by atoms with E-state index in [2.05, 4.69) is 246 Å². The van der Waals surface area contributed by atoms with Crippen LogP contribution in [0.5, 0.6) is 11.5 Å². The summed E-state index contributed by atoms with van der Waals surface area (Å²) >= 11 is 0. The molecule has 12 heteroatoms. The zero-order valence-electron chi connectivity index (χ0n) is 76.3. The fourth-order valence-electron chi connectivity index (χ4n) is 20.4. The number of carbonyl (C=O) groups excluding carboxylic acids is 1. The fourth-order valence-corrected chi connectivity index (χ4v) is 20.4. The van der Waals surface area contributed by atoms with Gasteiger partial charge < -0.3 is 35.0 Å². The van der Waals surface area contributed by atoms with Gasteiger partial charge in [-0.2, -0.15) is 10.2 Å². The van der Waals surface area contributed by atoms with Crippen molar-refractivity contribution in [2.75, 3.05) is 59.8 Å². The van der Waals surface area contributed by atoms with E-state index in [0.29, 0.717) is 65.8 Å². The summed E-state index contributed by atoms with van der Waals surface area (Å²) < 4.78 is 13.3. The van der Waals surface area contributed by atoms with Crippen LogP contribution in [0.3, 0.4) is 0 Å². The SMILES string of the molecule is CCCCC(CC)CN(CC(CC)CCCC)c1cc(NC(=O)C(CC)CCCC)c(N=Nc2ccc(C(CC)(CC)C(CC)(CC)C3CCC(C(C)(CC)C(C)(CC)c4ccc(N=Nc5cc(OCC)c(N(CC(CC)CCCC)CC(CC)CCCC)cc5NC(O)C(CC)CCCC)cc4)CC3)cc2)cc1OCC. The van der Waals surface area contributed by atoms with Crippen molar-refractivity contribution in [3.05, 3.63) is 83.9 Å². The molecule has 0 saturated heterocycles. The van der Waals surface area contributed by atoms with E-state index in [1.54, 1.807) is 0 Å². The van der Waals surface area contributed by atoms with Crippen LogP contribution < -0.4 is 29.9 Å². The van der Waals surface area contributed by atoms with Gasteiger partial charge in [0.1, 0.15) is 29.1 Å². The van der Waals surface area contributed by atoms with Crippen molar-refractivity contribution in [3.8, 4) is 11.5 Å². The van der Waals surface area contributed by atoms with Crippen molar-refractivity contribution in [1.82, 2.24) is 0 Å². The van der Waals surface area contributed by atoms with E-state index < -0.39 is 6.23 Å². The highest BCUT2D eigenvalue weighted by molar-refractivity contribution is 5.96. The number of rotatable bonds is 59. The van der Waals surface area contributed by atoms with Crippen LogP contribution in [0.15, 0.2) is 93.3 Å². The lowest BCUT2D eigenvalue weighted by molar-refractivity contribution is -0.120. The molecule has 1 saturated carbocycles. The molecule has 0 bridgehead atoms. The monoisotopic (exact) mass is 1550 g/mol. The third-order valence-corrected chi connectivity index (χ3v) is 28.8. The maximum Gasteiger partial charge on any atom is 0.227 e. The van der Waals surface area contributed by atoms with Crippen LogP contribution in [0.4, 0.5) is 45.5 Å². The number of anilines is 4. The number of aliphatic hydroxyl groups is 1. The lowest BCUT2D eigenvalue weighted by Gasteiger charge is -2.58. The first-order valence-electron chi connectivity index (χ1n) is 47.1. The van der Waals surface area contributed by atoms with Gasteiger partial charge in [0, 0.05) is 55.6 Å². The lowest BCUT2D eigenvalue weighted by atomic mass is 9.46. The molecule has 1 fully saturated rings. The van der Waals surface area contributed by atoms with Crippen LogP contribution in [0.25, 0.3) is 0 Å². The van der Waals surface area contributed by atoms with Gasteiger partial charge in [0.15, 0.2) is 0 Å². The summed E-state index contributed by atoms with van der Waals surface area (Å²) in [6.07, 6.45) is 37.5. The van der Waals surface area contributed by atoms with Gasteiger partial charge in [-0.3, -0.25) is 4.79 Å². The average Bonchev–Trinajstić information content (AvgIpc) is 0.728. The van der Waals surface area contributed by atoms with E-state index >= 15 is 0 Å². The second-order valence-corrected chi connectivity index (χ2v) is 34.8. The molecule has 12 nitrogen and oxygen atoms in total. The lowest BCUT2D eigenvalue weighted by Crippen LogP contribution is -2.52. The van der Waals surface area contributed by atoms with Gasteiger partial charge in [-0.25, -0.2) is 0 Å². The van der Waals surface area contributed by atoms with Gasteiger partial charge in [0.25, 0.3) is 0 Å². The predicted molar refractivity (Wildman–Crippen MR) is 486 cm³/mol. The summed E-state index contributed by atoms with van der Waals surface area (Å²) in [6.45, 7) is 56.4. The molecular weight excluding hydrogens is 1380 g/mol. The van der Waals surface area contributed by atoms with Crippen LogP contribution in [0.2, 0.25) is 0 Å². The zero-order chi connectivity index (χ0) is 82.3. The third-order valence-electron chi connectivity index (χ3n) is 28.8. The molecule has 9 unspecified atom stereocenters. The molecule has 3 N–H and O–H groups in total. The van der Waals surface area contributed by atoms with Crippen LogP contribution in [-0.2, 0) is 15.6 Å². The highest BCUT2D eigenvalue weighted by atomic mass is 16.5. The van der Waals surface area contributed by atoms with Crippen LogP contribution >= 0.6 is 0 Å². The summed E-state index contributed by atoms with van der Waals surface area (Å²) in [4.78, 5) is 19.7. The Labute approximate surface area is 688 Å². The molecule has 1 aliphatic carbocycles. The van der Waals surface area contributed by atoms with Crippen LogP contribution in [0.1, 0.15) is 382 Å². The molecular formula is C100H170N8O4. The number of carbonyl (C=O) groups is 1. The van der Waals surface area contributed by atoms with E-state index in [1.165, 1.54) is 114 Å². The van der Waals surface area contributed by atoms with Crippen molar-refractivity contribution < 1.29 is 19.4 Å². The summed E-state index contributed by atoms with van der Waals surface area (Å²) in [5.74, 6) is 5.12. The van der Waals surface area contributed by atoms with E-state index in [0.717, 1.165) is 182 Å². The Hall–Kier alpha value is -5.49. The Morgan fingerprint density at radius 2 is 0.839 bits per heavy atom. The average molecular weight is 1550 g/mol. The quantitative estimate of drug-likeness (QED) is 0.0296. The Morgan fingerprint density at radius 3 is 1.21 bits per heavy atom. The maximum atomic E-state index is 14.4. The molecule has 0 spiro atoms. The largest absolute Gasteiger partial charge is 0.492 e. The van der Waals surface area contributed by atoms with E-state index in [9.17, 15) is 9.90 Å². The minimum absolute atomic E-state index is 0.0333. The topological polar surface area (TPSA) is 136 Å². The molecule has 634 valence electrons. The van der Waals surface area contributed by atoms with Crippen LogP contribution in [0, 0.1) is 58.2 Å². The van der Waals surface area contributed by atoms with E-state index in [1.807, 2.05) is 0 Å². The molecule has 4 aromatic rings. The van der Waals surface area contributed by atoms with Crippen molar-refractivity contribution in [2.45, 2.75) is 388 Å². The predicted octanol–water partition coefficient (Wildman–Crippen LogP) is 31.3. The third kappa shape index (κ3) is 25.8. The normalized spacial score (nSPS) is 17.3. The van der Waals surface area contributed by atoms with E-state index in [4.69, 9.17) is 29.9 Å². The van der Waals surface area contributed by atoms with Crippen molar-refractivity contribution in [1.29, 1.82) is 0 Å². The number of ether oxygens (including phenoxy) is 2. The zero-order valence-corrected chi connectivity index (χ0v) is 76.3. The first-order valence-corrected chi connectivity index (χ1v) is 47.1. The van der Waals surface area contributed by atoms with Gasteiger partial charge in [0.05, 0.1) is 47.3 Å². The molecule has 1 amide bonds. The van der Waals surface area contributed by atoms with Crippen molar-refractivity contribution in [2.24, 2.45) is 78.6 Å². The molecule has 4 aromatic carbocycles. The number of amides is 1. The van der Waals surface area contributed by atoms with Gasteiger partial charge in [-0.05, 0) is 229 Å². The molecule has 9 atom stereocenters. The van der Waals surface area contributed by atoms with Crippen molar-refractivity contribution >= 4 is 51.4 Å². The number of unbranched alkanes of at least 4 members (excludes halogenated alkanes) is 6. The Morgan fingerprint density at radius 1 is 0.446 bits per heavy atom. The first kappa shape index (κ1) is 97.1. The maximum absolute atomic E-state index is 14.4. The molecule has 1 aliphatic rings. The van der Waals surface area contributed by atoms with E-state index in [-0.39, 0.29) is 39.4 Å². The molecule has 0 aromatic heterocycles. The Bertz CT molecular complexity index is 3240. The molecule has 0 aliphatic heterocycles. The number of hydrogen-bond donors (Lipinski definition) is 3. The standard InChI is InChI=1S/C100H170N8O4/c1-23-43-49-75(29-7)71-107(72-76(30-8)50-44-24-2)91-67-87(101-95(109)79(33-11)53-47-27-5)89(69-93(91)111-41-19)105-103-85-63-59-82(60-64-85)98(22,36-14)97(21,35-13)81-55-57-83(58-56-81)99(37-15,38-16)100(39-17,40-18)84-61-65-86(66-62-84)104-106-90-70-94(112-42-20)92(68-88(90)102-96(110)80(34-12)54-48-28-6)108(73-77(31-9)51-45-25-3)74-78(32-10)52-46-26-4/h59-70,75-81,83,95,101,109H,23-58,71-74H2,1-22H3,(H,102,110). The molecule has 5 rings (SSSR count). The minimum Gasteiger partial charge on any atom is -0.492 e. The Kier molecular flexibility index (Phi) is 44.1. The molecule has 0 radical (unpaired) electrons. The smallest absolute Gasteiger partial charge is 0.227 e. The number of hydrogen-bond acceptors (Lipinski definition) is 11. The first-order chi connectivity index (χ1) is 54.2. The summed E-state index contributed by atoms with van der Waals surface area (Å²) in [6, 6.07) is 26.8. The second-order valence-electron chi connectivity index (χ2n) is 34.8. The summed E-state index contributed by atoms with van der Waals surface area (Å²) in [7, 11) is 0. The number of benzene rings is 4. The van der Waals surface area contributed by atoms with Gasteiger partial charge in [0.2, 0.25) is 5.91 Å². The number of nitrogens with zero attached hydrogens (tertiary/aromatic N) is 6. The molecule has 112 heavy (non-hydrogen) atoms. The van der Waals surface area contributed by atoms with Gasteiger partial charge >= 0.3 is 0 Å². The summed E-state index contributed by atoms with van der Waals surface area (Å²) in [5, 5.41) is 39.5. The number of nitrogens with one attached hydrogen (secondary N) is 2. The van der Waals surface area contributed by atoms with Gasteiger partial charge in [-0.1, -0.05) is 265 Å². The van der Waals surface area contributed by atoms with Crippen molar-refractivity contribution in [3.63, 3.8) is 0 Å². The number of azo groups is 2. The number of aliphatic hydroxyl groups excluding tert-OH is 1. The highest BCUT2D eigenvalue weighted by Crippen LogP contribution is 2.63. The molecule has 0 heterocycles.